The molecular weight excluding hydrogens is 294 g/mol. The molecule has 2 heterocycles. The summed E-state index contributed by atoms with van der Waals surface area (Å²) in [4.78, 5) is 2.54. The van der Waals surface area contributed by atoms with Gasteiger partial charge in [-0.3, -0.25) is 4.90 Å². The highest BCUT2D eigenvalue weighted by atomic mass is 32.2. The van der Waals surface area contributed by atoms with Crippen LogP contribution < -0.4 is 0 Å². The number of hydrogen-bond donors (Lipinski definition) is 0. The van der Waals surface area contributed by atoms with Crippen LogP contribution in [0.3, 0.4) is 0 Å². The molecule has 0 bridgehead atoms. The predicted octanol–water partition coefficient (Wildman–Crippen LogP) is 2.69. The van der Waals surface area contributed by atoms with Gasteiger partial charge in [0.25, 0.3) is 0 Å². The van der Waals surface area contributed by atoms with E-state index < -0.39 is 0 Å². The molecule has 1 saturated carbocycles. The number of benzene rings is 1. The van der Waals surface area contributed by atoms with Crippen LogP contribution in [-0.2, 0) is 6.54 Å². The van der Waals surface area contributed by atoms with Crippen molar-refractivity contribution in [2.75, 3.05) is 12.3 Å². The summed E-state index contributed by atoms with van der Waals surface area (Å²) in [5.41, 5.74) is 1.40. The van der Waals surface area contributed by atoms with Crippen molar-refractivity contribution in [3.05, 3.63) is 41.7 Å². The highest BCUT2D eigenvalue weighted by molar-refractivity contribution is 8.00. The minimum Gasteiger partial charge on any atom is -0.287 e. The molecule has 22 heavy (non-hydrogen) atoms. The molecule has 1 aliphatic heterocycles. The molecule has 0 amide bonds. The lowest BCUT2D eigenvalue weighted by Gasteiger charge is -2.39. The van der Waals surface area contributed by atoms with Gasteiger partial charge in [-0.05, 0) is 28.8 Å². The standard InChI is InChI=1S/C16H21N5S/c1-12-16(13-5-3-2-4-6-13)20(9-10-22-12)11-15-17-18-19-21(15)14-7-8-14/h2-6,12,14,16H,7-11H2,1H3/t12-,16+/m0/s1. The Morgan fingerprint density at radius 2 is 2.05 bits per heavy atom. The molecule has 4 rings (SSSR count). The lowest BCUT2D eigenvalue weighted by Crippen LogP contribution is -2.40. The van der Waals surface area contributed by atoms with Gasteiger partial charge in [0, 0.05) is 23.6 Å². The summed E-state index contributed by atoms with van der Waals surface area (Å²) in [5.74, 6) is 2.19. The van der Waals surface area contributed by atoms with E-state index in [2.05, 4.69) is 69.4 Å². The van der Waals surface area contributed by atoms with Crippen molar-refractivity contribution in [1.29, 1.82) is 0 Å². The average molecular weight is 315 g/mol. The van der Waals surface area contributed by atoms with Crippen molar-refractivity contribution < 1.29 is 0 Å². The molecule has 116 valence electrons. The third-order valence-electron chi connectivity index (χ3n) is 4.54. The van der Waals surface area contributed by atoms with Crippen LogP contribution in [0, 0.1) is 0 Å². The Bertz CT molecular complexity index is 624. The molecule has 1 aliphatic carbocycles. The van der Waals surface area contributed by atoms with E-state index in [1.54, 1.807) is 0 Å². The van der Waals surface area contributed by atoms with Crippen LogP contribution in [-0.4, -0.2) is 42.7 Å². The Hall–Kier alpha value is -1.40. The lowest BCUT2D eigenvalue weighted by molar-refractivity contribution is 0.183. The molecule has 2 fully saturated rings. The number of thioether (sulfide) groups is 1. The summed E-state index contributed by atoms with van der Waals surface area (Å²) >= 11 is 2.06. The van der Waals surface area contributed by atoms with Crippen LogP contribution in [0.15, 0.2) is 30.3 Å². The maximum absolute atomic E-state index is 4.28. The Kier molecular flexibility index (Phi) is 3.88. The van der Waals surface area contributed by atoms with E-state index in [-0.39, 0.29) is 0 Å². The molecule has 0 unspecified atom stereocenters. The zero-order valence-corrected chi connectivity index (χ0v) is 13.6. The minimum atomic E-state index is 0.435. The fraction of sp³-hybridized carbons (Fsp3) is 0.562. The maximum Gasteiger partial charge on any atom is 0.165 e. The second kappa shape index (κ2) is 6.01. The molecule has 1 aromatic heterocycles. The van der Waals surface area contributed by atoms with E-state index in [0.717, 1.165) is 18.9 Å². The Labute approximate surface area is 135 Å². The van der Waals surface area contributed by atoms with Crippen molar-refractivity contribution in [2.45, 2.75) is 43.6 Å². The van der Waals surface area contributed by atoms with Crippen molar-refractivity contribution in [3.63, 3.8) is 0 Å². The second-order valence-corrected chi connectivity index (χ2v) is 7.66. The van der Waals surface area contributed by atoms with E-state index in [4.69, 9.17) is 0 Å². The molecular formula is C16H21N5S. The SMILES string of the molecule is C[C@@H]1SCCN(Cc2nnnn2C2CC2)[C@H]1c1ccccc1. The average Bonchev–Trinajstić information content (AvgIpc) is 3.28. The molecule has 6 heteroatoms. The Morgan fingerprint density at radius 3 is 2.82 bits per heavy atom. The van der Waals surface area contributed by atoms with Crippen molar-refractivity contribution in [3.8, 4) is 0 Å². The Balaban J connectivity index is 1.59. The van der Waals surface area contributed by atoms with Gasteiger partial charge < -0.3 is 0 Å². The van der Waals surface area contributed by atoms with Gasteiger partial charge in [0.05, 0.1) is 12.6 Å². The number of tetrazole rings is 1. The molecule has 2 aliphatic rings. The first-order valence-electron chi connectivity index (χ1n) is 8.00. The van der Waals surface area contributed by atoms with Gasteiger partial charge in [-0.25, -0.2) is 4.68 Å². The molecule has 2 atom stereocenters. The summed E-state index contributed by atoms with van der Waals surface area (Å²) in [6, 6.07) is 11.8. The predicted molar refractivity (Wildman–Crippen MR) is 87.6 cm³/mol. The normalized spacial score (nSPS) is 26.2. The van der Waals surface area contributed by atoms with Crippen LogP contribution in [0.2, 0.25) is 0 Å². The zero-order valence-electron chi connectivity index (χ0n) is 12.8. The zero-order chi connectivity index (χ0) is 14.9. The van der Waals surface area contributed by atoms with Gasteiger partial charge in [-0.1, -0.05) is 37.3 Å². The van der Waals surface area contributed by atoms with Crippen LogP contribution in [0.25, 0.3) is 0 Å². The van der Waals surface area contributed by atoms with Crippen LogP contribution >= 0.6 is 11.8 Å². The van der Waals surface area contributed by atoms with Gasteiger partial charge in [0.15, 0.2) is 5.82 Å². The number of rotatable bonds is 4. The smallest absolute Gasteiger partial charge is 0.165 e. The highest BCUT2D eigenvalue weighted by Crippen LogP contribution is 2.38. The topological polar surface area (TPSA) is 46.8 Å². The summed E-state index contributed by atoms with van der Waals surface area (Å²) in [6.45, 7) is 4.26. The monoisotopic (exact) mass is 315 g/mol. The van der Waals surface area contributed by atoms with Gasteiger partial charge in [0.2, 0.25) is 0 Å². The summed E-state index contributed by atoms with van der Waals surface area (Å²) < 4.78 is 2.04. The molecule has 2 aromatic rings. The minimum absolute atomic E-state index is 0.435. The summed E-state index contributed by atoms with van der Waals surface area (Å²) in [6.07, 6.45) is 2.43. The largest absolute Gasteiger partial charge is 0.287 e. The van der Waals surface area contributed by atoms with E-state index in [1.807, 2.05) is 4.68 Å². The number of nitrogens with zero attached hydrogens (tertiary/aromatic N) is 5. The van der Waals surface area contributed by atoms with Crippen molar-refractivity contribution in [1.82, 2.24) is 25.1 Å². The van der Waals surface area contributed by atoms with Gasteiger partial charge in [-0.15, -0.1) is 5.10 Å². The molecule has 1 aromatic carbocycles. The lowest BCUT2D eigenvalue weighted by atomic mass is 10.0. The number of hydrogen-bond acceptors (Lipinski definition) is 5. The van der Waals surface area contributed by atoms with Crippen LogP contribution in [0.4, 0.5) is 0 Å². The van der Waals surface area contributed by atoms with E-state index in [9.17, 15) is 0 Å². The summed E-state index contributed by atoms with van der Waals surface area (Å²) in [5, 5.41) is 12.9. The third kappa shape index (κ3) is 2.77. The van der Waals surface area contributed by atoms with Crippen LogP contribution in [0.1, 0.15) is 43.2 Å². The maximum atomic E-state index is 4.28. The fourth-order valence-corrected chi connectivity index (χ4v) is 4.52. The fourth-order valence-electron chi connectivity index (χ4n) is 3.29. The van der Waals surface area contributed by atoms with E-state index in [0.29, 0.717) is 17.3 Å². The van der Waals surface area contributed by atoms with E-state index in [1.165, 1.54) is 24.2 Å². The van der Waals surface area contributed by atoms with Crippen molar-refractivity contribution >= 4 is 11.8 Å². The number of aromatic nitrogens is 4. The van der Waals surface area contributed by atoms with Gasteiger partial charge >= 0.3 is 0 Å². The molecule has 0 N–H and O–H groups in total. The first-order chi connectivity index (χ1) is 10.8. The van der Waals surface area contributed by atoms with Gasteiger partial charge in [-0.2, -0.15) is 11.8 Å². The first kappa shape index (κ1) is 14.2. The second-order valence-electron chi connectivity index (χ2n) is 6.17. The Morgan fingerprint density at radius 1 is 1.23 bits per heavy atom. The first-order valence-corrected chi connectivity index (χ1v) is 9.05. The molecule has 0 spiro atoms. The summed E-state index contributed by atoms with van der Waals surface area (Å²) in [7, 11) is 0. The molecule has 1 saturated heterocycles. The third-order valence-corrected chi connectivity index (χ3v) is 5.74. The van der Waals surface area contributed by atoms with Crippen molar-refractivity contribution in [2.24, 2.45) is 0 Å². The van der Waals surface area contributed by atoms with E-state index >= 15 is 0 Å². The van der Waals surface area contributed by atoms with Gasteiger partial charge in [0.1, 0.15) is 0 Å². The molecule has 0 radical (unpaired) electrons. The highest BCUT2D eigenvalue weighted by Gasteiger charge is 2.33. The quantitative estimate of drug-likeness (QED) is 0.868. The molecule has 5 nitrogen and oxygen atoms in total. The van der Waals surface area contributed by atoms with Crippen LogP contribution in [0.5, 0.6) is 0 Å².